The van der Waals surface area contributed by atoms with Crippen LogP contribution in [-0.4, -0.2) is 10.1 Å². The first kappa shape index (κ1) is 15.7. The third-order valence-corrected chi connectivity index (χ3v) is 4.56. The monoisotopic (exact) mass is 332 g/mol. The maximum absolute atomic E-state index is 12.9. The summed E-state index contributed by atoms with van der Waals surface area (Å²) in [4.78, 5) is 4.31. The van der Waals surface area contributed by atoms with Gasteiger partial charge in [0.15, 0.2) is 5.82 Å². The van der Waals surface area contributed by atoms with Gasteiger partial charge >= 0.3 is 0 Å². The van der Waals surface area contributed by atoms with Crippen LogP contribution in [0.4, 0.5) is 8.78 Å². The number of thioether (sulfide) groups is 1. The molecule has 0 aliphatic rings. The molecule has 0 N–H and O–H groups in total. The van der Waals surface area contributed by atoms with E-state index in [1.165, 1.54) is 24.3 Å². The normalized spacial score (nSPS) is 12.3. The number of rotatable bonds is 5. The molecule has 3 aromatic rings. The van der Waals surface area contributed by atoms with Gasteiger partial charge in [-0.25, -0.2) is 8.78 Å². The smallest absolute Gasteiger partial charge is 0.257 e. The van der Waals surface area contributed by atoms with E-state index >= 15 is 0 Å². The molecule has 3 nitrogen and oxygen atoms in total. The predicted molar refractivity (Wildman–Crippen MR) is 85.8 cm³/mol. The van der Waals surface area contributed by atoms with Crippen LogP contribution >= 0.6 is 11.8 Å². The van der Waals surface area contributed by atoms with Crippen molar-refractivity contribution < 1.29 is 13.3 Å². The lowest BCUT2D eigenvalue weighted by Gasteiger charge is -2.09. The highest BCUT2D eigenvalue weighted by atomic mass is 32.2. The second kappa shape index (κ2) is 6.91. The Morgan fingerprint density at radius 2 is 1.61 bits per heavy atom. The van der Waals surface area contributed by atoms with Crippen molar-refractivity contribution in [3.8, 4) is 11.5 Å². The summed E-state index contributed by atoms with van der Waals surface area (Å²) in [7, 11) is 0. The second-order valence-electron chi connectivity index (χ2n) is 5.03. The molecule has 0 saturated heterocycles. The van der Waals surface area contributed by atoms with Crippen LogP contribution in [0.2, 0.25) is 0 Å². The van der Waals surface area contributed by atoms with Gasteiger partial charge in [0.25, 0.3) is 5.89 Å². The van der Waals surface area contributed by atoms with Gasteiger partial charge in [0.1, 0.15) is 11.6 Å². The van der Waals surface area contributed by atoms with Crippen LogP contribution in [0.5, 0.6) is 0 Å². The molecule has 0 saturated carbocycles. The van der Waals surface area contributed by atoms with Gasteiger partial charge in [-0.1, -0.05) is 17.3 Å². The first-order valence-electron chi connectivity index (χ1n) is 7.07. The van der Waals surface area contributed by atoms with E-state index in [1.807, 2.05) is 6.92 Å². The van der Waals surface area contributed by atoms with Crippen LogP contribution in [0, 0.1) is 11.6 Å². The maximum atomic E-state index is 12.9. The molecular formula is C17H14F2N2OS. The Morgan fingerprint density at radius 3 is 2.26 bits per heavy atom. The average Bonchev–Trinajstić information content (AvgIpc) is 3.03. The highest BCUT2D eigenvalue weighted by Gasteiger charge is 2.12. The molecule has 0 radical (unpaired) electrons. The Morgan fingerprint density at radius 1 is 1.00 bits per heavy atom. The summed E-state index contributed by atoms with van der Waals surface area (Å²) in [5.41, 5.74) is 1.72. The van der Waals surface area contributed by atoms with Gasteiger partial charge in [0.05, 0.1) is 5.75 Å². The molecular weight excluding hydrogens is 318 g/mol. The van der Waals surface area contributed by atoms with E-state index in [4.69, 9.17) is 4.52 Å². The molecule has 1 unspecified atom stereocenters. The lowest BCUT2D eigenvalue weighted by Crippen LogP contribution is -1.91. The fourth-order valence-corrected chi connectivity index (χ4v) is 2.92. The summed E-state index contributed by atoms with van der Waals surface area (Å²) in [6.07, 6.45) is 0. The molecule has 23 heavy (non-hydrogen) atoms. The summed E-state index contributed by atoms with van der Waals surface area (Å²) < 4.78 is 31.0. The van der Waals surface area contributed by atoms with Crippen molar-refractivity contribution in [1.29, 1.82) is 0 Å². The largest absolute Gasteiger partial charge is 0.334 e. The zero-order valence-corrected chi connectivity index (χ0v) is 13.2. The second-order valence-corrected chi connectivity index (χ2v) is 6.36. The van der Waals surface area contributed by atoms with Gasteiger partial charge < -0.3 is 4.52 Å². The van der Waals surface area contributed by atoms with Gasteiger partial charge in [0.2, 0.25) is 0 Å². The van der Waals surface area contributed by atoms with Crippen molar-refractivity contribution in [3.05, 3.63) is 71.6 Å². The van der Waals surface area contributed by atoms with Crippen molar-refractivity contribution in [2.24, 2.45) is 0 Å². The van der Waals surface area contributed by atoms with Crippen molar-refractivity contribution in [2.45, 2.75) is 17.9 Å². The fourth-order valence-electron chi connectivity index (χ4n) is 2.05. The molecule has 0 aliphatic carbocycles. The number of hydrogen-bond acceptors (Lipinski definition) is 4. The third kappa shape index (κ3) is 3.96. The lowest BCUT2D eigenvalue weighted by atomic mass is 10.2. The quantitative estimate of drug-likeness (QED) is 0.658. The molecule has 0 bridgehead atoms. The number of nitrogens with zero attached hydrogens (tertiary/aromatic N) is 2. The molecule has 0 fully saturated rings. The van der Waals surface area contributed by atoms with E-state index < -0.39 is 0 Å². The fraction of sp³-hybridized carbons (Fsp3) is 0.176. The molecule has 6 heteroatoms. The predicted octanol–water partition coefficient (Wildman–Crippen LogP) is 5.01. The molecule has 1 atom stereocenters. The summed E-state index contributed by atoms with van der Waals surface area (Å²) in [5, 5.41) is 4.12. The van der Waals surface area contributed by atoms with E-state index in [2.05, 4.69) is 10.1 Å². The molecule has 0 amide bonds. The van der Waals surface area contributed by atoms with E-state index in [-0.39, 0.29) is 16.9 Å². The minimum Gasteiger partial charge on any atom is -0.334 e. The minimum atomic E-state index is -0.308. The van der Waals surface area contributed by atoms with Gasteiger partial charge in [-0.15, -0.1) is 11.8 Å². The zero-order chi connectivity index (χ0) is 16.2. The van der Waals surface area contributed by atoms with E-state index in [9.17, 15) is 8.78 Å². The summed E-state index contributed by atoms with van der Waals surface area (Å²) in [6, 6.07) is 12.3. The standard InChI is InChI=1S/C17H14F2N2OS/c1-11(12-2-6-14(18)7-3-12)23-10-16-20-17(22-21-16)13-4-8-15(19)9-5-13/h2-9,11H,10H2,1H3. The average molecular weight is 332 g/mol. The Bertz CT molecular complexity index is 772. The Balaban J connectivity index is 1.63. The molecule has 2 aromatic carbocycles. The summed E-state index contributed by atoms with van der Waals surface area (Å²) in [6.45, 7) is 2.04. The number of aromatic nitrogens is 2. The maximum Gasteiger partial charge on any atom is 0.257 e. The van der Waals surface area contributed by atoms with Crippen molar-refractivity contribution >= 4 is 11.8 Å². The van der Waals surface area contributed by atoms with Crippen LogP contribution in [0.15, 0.2) is 53.1 Å². The number of benzene rings is 2. The Kier molecular flexibility index (Phi) is 4.71. The highest BCUT2D eigenvalue weighted by Crippen LogP contribution is 2.30. The third-order valence-electron chi connectivity index (χ3n) is 3.36. The van der Waals surface area contributed by atoms with Gasteiger partial charge in [-0.2, -0.15) is 4.98 Å². The van der Waals surface area contributed by atoms with Crippen LogP contribution < -0.4 is 0 Å². The Hall–Kier alpha value is -2.21. The first-order valence-corrected chi connectivity index (χ1v) is 8.12. The van der Waals surface area contributed by atoms with E-state index in [0.29, 0.717) is 23.0 Å². The molecule has 0 spiro atoms. The number of hydrogen-bond donors (Lipinski definition) is 0. The molecule has 3 rings (SSSR count). The SMILES string of the molecule is CC(SCc1noc(-c2ccc(F)cc2)n1)c1ccc(F)cc1. The highest BCUT2D eigenvalue weighted by molar-refractivity contribution is 7.98. The lowest BCUT2D eigenvalue weighted by molar-refractivity contribution is 0.425. The molecule has 1 aromatic heterocycles. The van der Waals surface area contributed by atoms with E-state index in [0.717, 1.165) is 5.56 Å². The Labute approximate surface area is 136 Å². The molecule has 0 aliphatic heterocycles. The number of halogens is 2. The van der Waals surface area contributed by atoms with Crippen LogP contribution in [0.3, 0.4) is 0 Å². The molecule has 118 valence electrons. The summed E-state index contributed by atoms with van der Waals surface area (Å²) >= 11 is 1.63. The molecule has 1 heterocycles. The topological polar surface area (TPSA) is 38.9 Å². The van der Waals surface area contributed by atoms with E-state index in [1.54, 1.807) is 36.0 Å². The first-order chi connectivity index (χ1) is 11.1. The minimum absolute atomic E-state index is 0.184. The summed E-state index contributed by atoms with van der Waals surface area (Å²) in [5.74, 6) is 0.965. The van der Waals surface area contributed by atoms with Gasteiger partial charge in [-0.3, -0.25) is 0 Å². The van der Waals surface area contributed by atoms with Crippen molar-refractivity contribution in [1.82, 2.24) is 10.1 Å². The zero-order valence-electron chi connectivity index (χ0n) is 12.4. The van der Waals surface area contributed by atoms with Gasteiger partial charge in [0, 0.05) is 10.8 Å². The van der Waals surface area contributed by atoms with Crippen molar-refractivity contribution in [3.63, 3.8) is 0 Å². The van der Waals surface area contributed by atoms with Gasteiger partial charge in [-0.05, 0) is 48.9 Å². The van der Waals surface area contributed by atoms with Crippen LogP contribution in [-0.2, 0) is 5.75 Å². The van der Waals surface area contributed by atoms with Crippen molar-refractivity contribution in [2.75, 3.05) is 0 Å². The van der Waals surface area contributed by atoms with Crippen LogP contribution in [0.25, 0.3) is 11.5 Å². The van der Waals surface area contributed by atoms with Crippen LogP contribution in [0.1, 0.15) is 23.6 Å².